The van der Waals surface area contributed by atoms with Crippen molar-refractivity contribution >= 4 is 29.9 Å². The molecule has 2 N–H and O–H groups in total. The molecule has 1 rings (SSSR count). The minimum atomic E-state index is -2.89. The van der Waals surface area contributed by atoms with Crippen LogP contribution < -0.4 is 20.1 Å². The number of methoxy groups -OCH3 is 2. The number of hydrogen-bond acceptors (Lipinski definition) is 4. The van der Waals surface area contributed by atoms with E-state index in [0.717, 1.165) is 24.5 Å². The largest absolute Gasteiger partial charge is 0.493 e. The Morgan fingerprint density at radius 1 is 1.19 bits per heavy atom. The number of ether oxygens (including phenoxy) is 3. The smallest absolute Gasteiger partial charge is 0.387 e. The number of halogens is 3. The van der Waals surface area contributed by atoms with E-state index in [1.54, 1.807) is 19.2 Å². The van der Waals surface area contributed by atoms with E-state index in [4.69, 9.17) is 9.47 Å². The normalized spacial score (nSPS) is 11.1. The molecule has 0 spiro atoms. The van der Waals surface area contributed by atoms with E-state index in [-0.39, 0.29) is 35.5 Å². The van der Waals surface area contributed by atoms with Gasteiger partial charge in [0.15, 0.2) is 17.5 Å². The van der Waals surface area contributed by atoms with Gasteiger partial charge in [-0.1, -0.05) is 6.07 Å². The predicted octanol–water partition coefficient (Wildman–Crippen LogP) is 3.05. The average molecular weight is 487 g/mol. The monoisotopic (exact) mass is 487 g/mol. The lowest BCUT2D eigenvalue weighted by Gasteiger charge is -2.13. The van der Waals surface area contributed by atoms with E-state index in [0.29, 0.717) is 26.1 Å². The van der Waals surface area contributed by atoms with Crippen LogP contribution in [0.15, 0.2) is 23.2 Å². The van der Waals surface area contributed by atoms with Crippen molar-refractivity contribution in [3.8, 4) is 11.5 Å². The van der Waals surface area contributed by atoms with E-state index < -0.39 is 6.61 Å². The first kappa shape index (κ1) is 24.6. The molecule has 0 aliphatic heterocycles. The third-order valence-electron chi connectivity index (χ3n) is 3.27. The molecule has 0 radical (unpaired) electrons. The van der Waals surface area contributed by atoms with Crippen molar-refractivity contribution in [2.24, 2.45) is 4.99 Å². The maximum absolute atomic E-state index is 12.5. The molecule has 26 heavy (non-hydrogen) atoms. The Hall–Kier alpha value is -1.36. The van der Waals surface area contributed by atoms with Gasteiger partial charge in [-0.3, -0.25) is 4.99 Å². The average Bonchev–Trinajstić information content (AvgIpc) is 2.58. The molecule has 150 valence electrons. The van der Waals surface area contributed by atoms with E-state index in [1.165, 1.54) is 7.11 Å². The lowest BCUT2D eigenvalue weighted by atomic mass is 10.1. The summed E-state index contributed by atoms with van der Waals surface area (Å²) in [5, 5.41) is 6.37. The Balaban J connectivity index is 0.00000625. The molecule has 0 saturated heterocycles. The quantitative estimate of drug-likeness (QED) is 0.218. The molecule has 0 aromatic heterocycles. The molecule has 0 fully saturated rings. The zero-order valence-corrected chi connectivity index (χ0v) is 17.7. The zero-order valence-electron chi connectivity index (χ0n) is 15.4. The fourth-order valence-electron chi connectivity index (χ4n) is 2.13. The molecular weight excluding hydrogens is 459 g/mol. The van der Waals surface area contributed by atoms with Crippen molar-refractivity contribution in [1.82, 2.24) is 10.6 Å². The summed E-state index contributed by atoms with van der Waals surface area (Å²) >= 11 is 0. The Morgan fingerprint density at radius 3 is 2.58 bits per heavy atom. The number of nitrogens with zero attached hydrogens (tertiary/aromatic N) is 1. The van der Waals surface area contributed by atoms with Crippen LogP contribution in [0.3, 0.4) is 0 Å². The molecule has 0 atom stereocenters. The molecule has 0 unspecified atom stereocenters. The highest BCUT2D eigenvalue weighted by molar-refractivity contribution is 14.0. The van der Waals surface area contributed by atoms with Gasteiger partial charge in [-0.05, 0) is 37.5 Å². The highest BCUT2D eigenvalue weighted by Gasteiger charge is 2.11. The number of nitrogens with one attached hydrogen (secondary N) is 2. The molecule has 0 aliphatic rings. The fourth-order valence-corrected chi connectivity index (χ4v) is 2.13. The highest BCUT2D eigenvalue weighted by Crippen LogP contribution is 2.29. The molecule has 6 nitrogen and oxygen atoms in total. The van der Waals surface area contributed by atoms with Crippen LogP contribution in [-0.4, -0.2) is 53.0 Å². The van der Waals surface area contributed by atoms with E-state index in [2.05, 4.69) is 20.4 Å². The molecular formula is C17H28F2IN3O3. The van der Waals surface area contributed by atoms with Crippen molar-refractivity contribution in [3.05, 3.63) is 23.8 Å². The molecule has 0 bridgehead atoms. The summed E-state index contributed by atoms with van der Waals surface area (Å²) in [7, 11) is 3.08. The first-order valence-corrected chi connectivity index (χ1v) is 8.23. The summed E-state index contributed by atoms with van der Waals surface area (Å²) in [6.07, 6.45) is 1.48. The summed E-state index contributed by atoms with van der Waals surface area (Å²) in [6, 6.07) is 5.01. The topological polar surface area (TPSA) is 64.1 Å². The predicted molar refractivity (Wildman–Crippen MR) is 109 cm³/mol. The number of benzene rings is 1. The van der Waals surface area contributed by atoms with Crippen LogP contribution in [0.4, 0.5) is 8.78 Å². The van der Waals surface area contributed by atoms with Crippen LogP contribution in [0.2, 0.25) is 0 Å². The van der Waals surface area contributed by atoms with Gasteiger partial charge in [0.1, 0.15) is 0 Å². The number of aliphatic imine (C=N–C) groups is 1. The Morgan fingerprint density at radius 2 is 1.96 bits per heavy atom. The summed E-state index contributed by atoms with van der Waals surface area (Å²) < 4.78 is 39.4. The van der Waals surface area contributed by atoms with Gasteiger partial charge < -0.3 is 24.8 Å². The van der Waals surface area contributed by atoms with Gasteiger partial charge >= 0.3 is 6.61 Å². The van der Waals surface area contributed by atoms with Crippen LogP contribution in [-0.2, 0) is 11.2 Å². The maximum atomic E-state index is 12.5. The van der Waals surface area contributed by atoms with Gasteiger partial charge in [0.05, 0.1) is 7.11 Å². The highest BCUT2D eigenvalue weighted by atomic mass is 127. The molecule has 0 aliphatic carbocycles. The van der Waals surface area contributed by atoms with Crippen LogP contribution in [0, 0.1) is 0 Å². The first-order valence-electron chi connectivity index (χ1n) is 8.23. The molecule has 0 heterocycles. The second-order valence-corrected chi connectivity index (χ2v) is 5.15. The number of alkyl halides is 2. The van der Waals surface area contributed by atoms with Crippen LogP contribution >= 0.6 is 24.0 Å². The lowest BCUT2D eigenvalue weighted by molar-refractivity contribution is -0.0512. The molecule has 1 aromatic carbocycles. The van der Waals surface area contributed by atoms with Gasteiger partial charge in [-0.15, -0.1) is 24.0 Å². The van der Waals surface area contributed by atoms with Crippen LogP contribution in [0.5, 0.6) is 11.5 Å². The molecule has 0 saturated carbocycles. The minimum Gasteiger partial charge on any atom is -0.493 e. The van der Waals surface area contributed by atoms with Gasteiger partial charge in [0.25, 0.3) is 0 Å². The van der Waals surface area contributed by atoms with Crippen LogP contribution in [0.25, 0.3) is 0 Å². The van der Waals surface area contributed by atoms with Gasteiger partial charge in [-0.2, -0.15) is 8.78 Å². The minimum absolute atomic E-state index is 0. The number of hydrogen-bond donors (Lipinski definition) is 2. The molecule has 0 amide bonds. The fraction of sp³-hybridized carbons (Fsp3) is 0.588. The lowest BCUT2D eigenvalue weighted by Crippen LogP contribution is -2.38. The molecule has 9 heteroatoms. The second kappa shape index (κ2) is 14.8. The third kappa shape index (κ3) is 9.95. The van der Waals surface area contributed by atoms with E-state index in [9.17, 15) is 8.78 Å². The SMILES string of the molecule is CCNC(=NCCCOC)NCCc1ccc(OC)c(OC(F)F)c1.I. The van der Waals surface area contributed by atoms with Crippen molar-refractivity contribution in [2.75, 3.05) is 40.5 Å². The van der Waals surface area contributed by atoms with Crippen LogP contribution in [0.1, 0.15) is 18.9 Å². The summed E-state index contributed by atoms with van der Waals surface area (Å²) in [4.78, 5) is 4.44. The third-order valence-corrected chi connectivity index (χ3v) is 3.27. The van der Waals surface area contributed by atoms with E-state index >= 15 is 0 Å². The van der Waals surface area contributed by atoms with E-state index in [1.807, 2.05) is 13.0 Å². The van der Waals surface area contributed by atoms with Gasteiger partial charge in [0.2, 0.25) is 0 Å². The summed E-state index contributed by atoms with van der Waals surface area (Å²) in [5.74, 6) is 1.04. The van der Waals surface area contributed by atoms with Gasteiger partial charge in [0, 0.05) is 33.4 Å². The second-order valence-electron chi connectivity index (χ2n) is 5.15. The van der Waals surface area contributed by atoms with Crippen molar-refractivity contribution in [3.63, 3.8) is 0 Å². The van der Waals surface area contributed by atoms with Crippen molar-refractivity contribution in [1.29, 1.82) is 0 Å². The Kier molecular flexibility index (Phi) is 14.0. The summed E-state index contributed by atoms with van der Waals surface area (Å²) in [5.41, 5.74) is 0.860. The Labute approximate surface area is 170 Å². The Bertz CT molecular complexity index is 534. The first-order chi connectivity index (χ1) is 12.1. The van der Waals surface area contributed by atoms with Crippen molar-refractivity contribution in [2.45, 2.75) is 26.4 Å². The standard InChI is InChI=1S/C17H27F2N3O3.HI/c1-4-20-17(21-9-5-11-23-2)22-10-8-13-6-7-14(24-3)15(12-13)25-16(18)19;/h6-7,12,16H,4-5,8-11H2,1-3H3,(H2,20,21,22);1H. The molecule has 1 aromatic rings. The van der Waals surface area contributed by atoms with Crippen molar-refractivity contribution < 1.29 is 23.0 Å². The zero-order chi connectivity index (χ0) is 18.5. The maximum Gasteiger partial charge on any atom is 0.387 e. The van der Waals surface area contributed by atoms with Gasteiger partial charge in [-0.25, -0.2) is 0 Å². The number of guanidine groups is 1. The number of rotatable bonds is 11. The summed E-state index contributed by atoms with van der Waals surface area (Å²) in [6.45, 7) is 1.80.